The van der Waals surface area contributed by atoms with E-state index >= 15 is 0 Å². The Hall–Kier alpha value is -3.32. The first-order valence-electron chi connectivity index (χ1n) is 11.2. The maximum atomic E-state index is 13.9. The van der Waals surface area contributed by atoms with E-state index in [4.69, 9.17) is 33.6 Å². The average Bonchev–Trinajstić information content (AvgIpc) is 3.64. The number of carbonyl (C=O) groups excluding carboxylic acids is 2. The zero-order chi connectivity index (χ0) is 26.4. The summed E-state index contributed by atoms with van der Waals surface area (Å²) in [7, 11) is 5.90. The van der Waals surface area contributed by atoms with Crippen LogP contribution in [0.5, 0.6) is 23.0 Å². The van der Waals surface area contributed by atoms with Gasteiger partial charge in [0.05, 0.1) is 45.2 Å². The highest BCUT2D eigenvalue weighted by molar-refractivity contribution is 14.1. The van der Waals surface area contributed by atoms with Crippen LogP contribution >= 0.6 is 34.6 Å². The van der Waals surface area contributed by atoms with E-state index in [1.54, 1.807) is 52.2 Å². The van der Waals surface area contributed by atoms with Crippen molar-refractivity contribution in [2.75, 3.05) is 45.8 Å². The molecule has 10 nitrogen and oxygen atoms in total. The second kappa shape index (κ2) is 9.86. The quantitative estimate of drug-likeness (QED) is 0.163. The van der Waals surface area contributed by atoms with Crippen LogP contribution in [-0.2, 0) is 4.74 Å². The smallest absolute Gasteiger partial charge is 0.354 e. The van der Waals surface area contributed by atoms with Gasteiger partial charge in [-0.05, 0) is 23.8 Å². The van der Waals surface area contributed by atoms with E-state index in [9.17, 15) is 9.59 Å². The fourth-order valence-corrected chi connectivity index (χ4v) is 5.54. The number of methoxy groups -OCH3 is 4. The third-order valence-corrected chi connectivity index (χ3v) is 7.42. The van der Waals surface area contributed by atoms with Crippen molar-refractivity contribution in [3.63, 3.8) is 0 Å². The van der Waals surface area contributed by atoms with E-state index in [-0.39, 0.29) is 23.4 Å². The topological polar surface area (TPSA) is 115 Å². The second-order valence-electron chi connectivity index (χ2n) is 8.41. The number of amides is 1. The largest absolute Gasteiger partial charge is 0.493 e. The molecule has 1 aliphatic rings. The molecule has 0 saturated carbocycles. The number of hydrogen-bond donors (Lipinski definition) is 2. The van der Waals surface area contributed by atoms with Gasteiger partial charge in [-0.25, -0.2) is 4.79 Å². The van der Waals surface area contributed by atoms with Crippen LogP contribution in [0.2, 0.25) is 0 Å². The number of aromatic nitrogens is 2. The van der Waals surface area contributed by atoms with Crippen LogP contribution in [-0.4, -0.2) is 62.7 Å². The molecule has 1 amide bonds. The number of nitrogens with zero attached hydrogens (tertiary/aromatic N) is 1. The lowest BCUT2D eigenvalue weighted by atomic mass is 9.98. The van der Waals surface area contributed by atoms with Crippen molar-refractivity contribution in [2.45, 2.75) is 5.92 Å². The van der Waals surface area contributed by atoms with Crippen molar-refractivity contribution in [3.05, 3.63) is 41.2 Å². The second-order valence-corrected chi connectivity index (χ2v) is 9.16. The van der Waals surface area contributed by atoms with E-state index in [1.165, 1.54) is 28.4 Å². The summed E-state index contributed by atoms with van der Waals surface area (Å²) >= 11 is 8.14. The summed E-state index contributed by atoms with van der Waals surface area (Å²) in [5, 5.41) is 1.48. The van der Waals surface area contributed by atoms with Crippen molar-refractivity contribution in [1.29, 1.82) is 0 Å². The average molecular weight is 640 g/mol. The van der Waals surface area contributed by atoms with E-state index in [0.717, 1.165) is 16.3 Å². The number of ether oxygens (including phenoxy) is 4. The fourth-order valence-electron chi connectivity index (χ4n) is 4.94. The number of rotatable bonds is 7. The van der Waals surface area contributed by atoms with Gasteiger partial charge in [0.2, 0.25) is 5.75 Å². The summed E-state index contributed by atoms with van der Waals surface area (Å²) < 4.78 is 26.9. The number of nitrogens with one attached hydrogen (secondary N) is 2. The molecule has 3 heterocycles. The Balaban J connectivity index is 1.65. The SMILES string of the molecule is COC(=O)c1cc2c3c(cc(OI)c2[nH]1)N(C(=O)c1cc2cc(OC)c(OC)c(OC)c2[nH]1)C[C@H]3CCl. The number of hydrogen-bond acceptors (Lipinski definition) is 7. The van der Waals surface area contributed by atoms with Crippen LogP contribution in [0.1, 0.15) is 32.5 Å². The van der Waals surface area contributed by atoms with Gasteiger partial charge in [-0.1, -0.05) is 0 Å². The normalized spacial score (nSPS) is 14.6. The standard InChI is InChI=1S/C25H23ClIN3O7/c1-33-18-6-11-5-14(28-20(11)23(35-3)22(18)34-2)24(31)30-10-12(9-26)19-13-7-15(25(32)36-4)29-21(13)17(37-27)8-16(19)30/h5-8,12,28-29H,9-10H2,1-4H3/t12-/m1/s1. The molecule has 0 radical (unpaired) electrons. The number of aromatic amines is 2. The Morgan fingerprint density at radius 1 is 0.973 bits per heavy atom. The lowest BCUT2D eigenvalue weighted by Crippen LogP contribution is -2.30. The third-order valence-electron chi connectivity index (χ3n) is 6.57. The molecule has 194 valence electrons. The monoisotopic (exact) mass is 639 g/mol. The van der Waals surface area contributed by atoms with Gasteiger partial charge in [-0.15, -0.1) is 11.6 Å². The van der Waals surface area contributed by atoms with Crippen LogP contribution in [0, 0.1) is 0 Å². The number of alkyl halides is 1. The molecule has 1 atom stereocenters. The maximum Gasteiger partial charge on any atom is 0.354 e. The lowest BCUT2D eigenvalue weighted by Gasteiger charge is -2.17. The molecule has 0 saturated heterocycles. The first-order valence-corrected chi connectivity index (χ1v) is 12.6. The van der Waals surface area contributed by atoms with Crippen LogP contribution in [0.15, 0.2) is 24.3 Å². The van der Waals surface area contributed by atoms with E-state index in [0.29, 0.717) is 52.0 Å². The number of H-pyrrole nitrogens is 2. The molecule has 0 bridgehead atoms. The maximum absolute atomic E-state index is 13.9. The van der Waals surface area contributed by atoms with Crippen LogP contribution in [0.3, 0.4) is 0 Å². The zero-order valence-electron chi connectivity index (χ0n) is 20.4. The van der Waals surface area contributed by atoms with Crippen molar-refractivity contribution < 1.29 is 31.6 Å². The molecule has 4 aromatic rings. The predicted molar refractivity (Wildman–Crippen MR) is 147 cm³/mol. The van der Waals surface area contributed by atoms with E-state index in [2.05, 4.69) is 9.97 Å². The van der Waals surface area contributed by atoms with Crippen molar-refractivity contribution in [3.8, 4) is 23.0 Å². The summed E-state index contributed by atoms with van der Waals surface area (Å²) in [6, 6.07) is 7.01. The molecule has 0 spiro atoms. The first-order chi connectivity index (χ1) is 17.9. The Labute approximate surface area is 230 Å². The molecular weight excluding hydrogens is 617 g/mol. The minimum absolute atomic E-state index is 0.160. The number of esters is 1. The Bertz CT molecular complexity index is 1550. The van der Waals surface area contributed by atoms with Gasteiger partial charge in [0, 0.05) is 35.2 Å². The van der Waals surface area contributed by atoms with Crippen LogP contribution in [0.25, 0.3) is 21.8 Å². The highest BCUT2D eigenvalue weighted by Gasteiger charge is 2.37. The number of fused-ring (bicyclic) bond motifs is 4. The molecule has 1 aliphatic heterocycles. The zero-order valence-corrected chi connectivity index (χ0v) is 23.3. The minimum Gasteiger partial charge on any atom is -0.493 e. The Morgan fingerprint density at radius 3 is 2.32 bits per heavy atom. The van der Waals surface area contributed by atoms with Gasteiger partial charge in [0.25, 0.3) is 5.91 Å². The fraction of sp³-hybridized carbons (Fsp3) is 0.280. The van der Waals surface area contributed by atoms with Crippen molar-refractivity contribution in [1.82, 2.24) is 9.97 Å². The number of carbonyl (C=O) groups is 2. The molecule has 2 aromatic heterocycles. The molecule has 5 rings (SSSR count). The van der Waals surface area contributed by atoms with Gasteiger partial charge in [0.1, 0.15) is 11.4 Å². The molecule has 0 aliphatic carbocycles. The molecular formula is C25H23ClIN3O7. The van der Waals surface area contributed by atoms with Crippen molar-refractivity contribution in [2.24, 2.45) is 0 Å². The van der Waals surface area contributed by atoms with Crippen LogP contribution in [0.4, 0.5) is 5.69 Å². The Kier molecular flexibility index (Phi) is 6.75. The third kappa shape index (κ3) is 3.91. The molecule has 0 fully saturated rings. The van der Waals surface area contributed by atoms with Crippen LogP contribution < -0.4 is 22.2 Å². The summed E-state index contributed by atoms with van der Waals surface area (Å²) in [5.41, 5.74) is 3.39. The summed E-state index contributed by atoms with van der Waals surface area (Å²) in [5.74, 6) is 1.18. The molecule has 2 aromatic carbocycles. The number of halogens is 2. The van der Waals surface area contributed by atoms with Gasteiger partial charge in [0.15, 0.2) is 40.3 Å². The molecule has 0 unspecified atom stereocenters. The van der Waals surface area contributed by atoms with Crippen molar-refractivity contribution >= 4 is 74.0 Å². The summed E-state index contributed by atoms with van der Waals surface area (Å²) in [6.07, 6.45) is 0. The highest BCUT2D eigenvalue weighted by Crippen LogP contribution is 2.47. The predicted octanol–water partition coefficient (Wildman–Crippen LogP) is 5.17. The number of benzene rings is 2. The Morgan fingerprint density at radius 2 is 1.70 bits per heavy atom. The summed E-state index contributed by atoms with van der Waals surface area (Å²) in [6.45, 7) is 0.356. The van der Waals surface area contributed by atoms with E-state index in [1.807, 2.05) is 0 Å². The highest BCUT2D eigenvalue weighted by atomic mass is 127. The molecule has 2 N–H and O–H groups in total. The number of anilines is 1. The summed E-state index contributed by atoms with van der Waals surface area (Å²) in [4.78, 5) is 34.0. The van der Waals surface area contributed by atoms with E-state index < -0.39 is 5.97 Å². The van der Waals surface area contributed by atoms with Gasteiger partial charge >= 0.3 is 5.97 Å². The first kappa shape index (κ1) is 25.3. The lowest BCUT2D eigenvalue weighted by molar-refractivity contribution is 0.0595. The molecule has 12 heteroatoms. The van der Waals surface area contributed by atoms with Gasteiger partial charge in [-0.3, -0.25) is 4.79 Å². The molecule has 37 heavy (non-hydrogen) atoms. The van der Waals surface area contributed by atoms with Gasteiger partial charge < -0.3 is 36.9 Å². The minimum atomic E-state index is -0.504. The van der Waals surface area contributed by atoms with Gasteiger partial charge in [-0.2, -0.15) is 0 Å².